The molecule has 0 bridgehead atoms. The Morgan fingerprint density at radius 1 is 1.36 bits per heavy atom. The van der Waals surface area contributed by atoms with E-state index in [0.717, 1.165) is 49.1 Å². The Labute approximate surface area is 217 Å². The first-order chi connectivity index (χ1) is 17.3. The molecule has 3 unspecified atom stereocenters. The maximum Gasteiger partial charge on any atom is 0.414 e. The number of aldehydes is 1. The average molecular weight is 540 g/mol. The van der Waals surface area contributed by atoms with Crippen molar-refractivity contribution in [2.75, 3.05) is 42.5 Å². The number of anilines is 2. The minimum absolute atomic E-state index is 0.186. The molecule has 3 fully saturated rings. The molecule has 1 aromatic carbocycles. The lowest BCUT2D eigenvalue weighted by Gasteiger charge is -2.37. The molecule has 2 saturated heterocycles. The van der Waals surface area contributed by atoms with Gasteiger partial charge in [-0.2, -0.15) is 0 Å². The van der Waals surface area contributed by atoms with Crippen LogP contribution in [0.4, 0.5) is 25.4 Å². The highest BCUT2D eigenvalue weighted by molar-refractivity contribution is 8.39. The molecule has 2 aliphatic heterocycles. The zero-order valence-electron chi connectivity index (χ0n) is 19.9. The number of piperazine rings is 1. The number of cyclic esters (lactones) is 1. The molecular weight excluding hydrogens is 509 g/mol. The molecule has 13 heteroatoms. The highest BCUT2D eigenvalue weighted by Gasteiger charge is 2.34. The molecule has 1 aliphatic carbocycles. The molecule has 3 N–H and O–H groups in total. The third kappa shape index (κ3) is 6.69. The van der Waals surface area contributed by atoms with E-state index in [1.54, 1.807) is 12.1 Å². The molecular formula is C23H30FN5O5S2. The van der Waals surface area contributed by atoms with Crippen molar-refractivity contribution in [3.05, 3.63) is 24.0 Å². The van der Waals surface area contributed by atoms with E-state index in [4.69, 9.17) is 4.74 Å². The van der Waals surface area contributed by atoms with Crippen molar-refractivity contribution in [2.45, 2.75) is 49.1 Å². The maximum atomic E-state index is 15.3. The Kier molecular flexibility index (Phi) is 9.09. The van der Waals surface area contributed by atoms with Gasteiger partial charge in [-0.15, -0.1) is 0 Å². The summed E-state index contributed by atoms with van der Waals surface area (Å²) in [6, 6.07) is 4.80. The van der Waals surface area contributed by atoms with Crippen molar-refractivity contribution in [3.63, 3.8) is 0 Å². The van der Waals surface area contributed by atoms with Crippen molar-refractivity contribution < 1.29 is 28.3 Å². The molecule has 1 saturated carbocycles. The number of benzene rings is 1. The Bertz CT molecular complexity index is 998. The van der Waals surface area contributed by atoms with Crippen molar-refractivity contribution >= 4 is 57.6 Å². The van der Waals surface area contributed by atoms with E-state index in [0.29, 0.717) is 31.0 Å². The number of carbonyl (C=O) groups is 4. The zero-order valence-corrected chi connectivity index (χ0v) is 21.5. The fourth-order valence-electron chi connectivity index (χ4n) is 4.20. The maximum absolute atomic E-state index is 15.3. The van der Waals surface area contributed by atoms with Gasteiger partial charge in [-0.3, -0.25) is 19.8 Å². The third-order valence-corrected chi connectivity index (χ3v) is 8.44. The molecule has 0 spiro atoms. The van der Waals surface area contributed by atoms with E-state index in [9.17, 15) is 19.2 Å². The number of ether oxygens (including phenoxy) is 1. The first-order valence-electron chi connectivity index (χ1n) is 11.9. The van der Waals surface area contributed by atoms with Crippen LogP contribution in [0.1, 0.15) is 26.2 Å². The molecule has 3 atom stereocenters. The minimum Gasteiger partial charge on any atom is -0.442 e. The van der Waals surface area contributed by atoms with Crippen molar-refractivity contribution in [1.82, 2.24) is 16.0 Å². The van der Waals surface area contributed by atoms with E-state index in [1.807, 2.05) is 4.90 Å². The highest BCUT2D eigenvalue weighted by atomic mass is 32.2. The predicted molar refractivity (Wildman–Crippen MR) is 138 cm³/mol. The van der Waals surface area contributed by atoms with Crippen LogP contribution in [0.2, 0.25) is 0 Å². The van der Waals surface area contributed by atoms with Crippen LogP contribution in [-0.4, -0.2) is 78.4 Å². The van der Waals surface area contributed by atoms with Crippen molar-refractivity contribution in [3.8, 4) is 0 Å². The highest BCUT2D eigenvalue weighted by Crippen LogP contribution is 2.34. The smallest absolute Gasteiger partial charge is 0.414 e. The van der Waals surface area contributed by atoms with Crippen LogP contribution in [0.15, 0.2) is 18.2 Å². The number of nitrogens with one attached hydrogen (secondary N) is 3. The van der Waals surface area contributed by atoms with Crippen LogP contribution in [-0.2, 0) is 14.3 Å². The molecule has 0 aromatic heterocycles. The lowest BCUT2D eigenvalue weighted by atomic mass is 9.93. The second kappa shape index (κ2) is 12.3. The first kappa shape index (κ1) is 26.7. The average Bonchev–Trinajstić information content (AvgIpc) is 3.20. The molecule has 36 heavy (non-hydrogen) atoms. The second-order valence-electron chi connectivity index (χ2n) is 8.88. The van der Waals surface area contributed by atoms with Gasteiger partial charge in [-0.05, 0) is 54.6 Å². The number of nitrogens with zero attached hydrogens (tertiary/aromatic N) is 2. The van der Waals surface area contributed by atoms with Crippen LogP contribution >= 0.6 is 23.5 Å². The van der Waals surface area contributed by atoms with Gasteiger partial charge in [0.2, 0.25) is 10.4 Å². The normalized spacial score (nSPS) is 23.1. The standard InChI is InChI=1S/C23H30FN5O5S2/c1-14(31)26-10-17-12-29(22(32)34-17)16-5-6-19(18(24)9-16)28-8-7-25-11-21(28)36-23(33)35-20(13-30)27-15-3-2-4-15/h5-6,9,13,15,17,20-21,25,27H,2-4,7-8,10-12H2,1H3,(H,26,31). The van der Waals surface area contributed by atoms with Gasteiger partial charge in [0, 0.05) is 32.6 Å². The fraction of sp³-hybridized carbons (Fsp3) is 0.565. The Morgan fingerprint density at radius 2 is 2.17 bits per heavy atom. The molecule has 196 valence electrons. The van der Waals surface area contributed by atoms with Crippen LogP contribution in [0.5, 0.6) is 0 Å². The quantitative estimate of drug-likeness (QED) is 0.318. The summed E-state index contributed by atoms with van der Waals surface area (Å²) in [5.74, 6) is -0.743. The van der Waals surface area contributed by atoms with Crippen LogP contribution < -0.4 is 25.8 Å². The van der Waals surface area contributed by atoms with Crippen LogP contribution in [0, 0.1) is 5.82 Å². The van der Waals surface area contributed by atoms with E-state index in [1.165, 1.54) is 17.9 Å². The van der Waals surface area contributed by atoms with Gasteiger partial charge in [0.1, 0.15) is 23.6 Å². The summed E-state index contributed by atoms with van der Waals surface area (Å²) >= 11 is 2.02. The van der Waals surface area contributed by atoms with Crippen LogP contribution in [0.25, 0.3) is 0 Å². The Hall–Kier alpha value is -2.35. The Morgan fingerprint density at radius 3 is 2.83 bits per heavy atom. The largest absolute Gasteiger partial charge is 0.442 e. The van der Waals surface area contributed by atoms with Crippen molar-refractivity contribution in [2.24, 2.45) is 0 Å². The van der Waals surface area contributed by atoms with Gasteiger partial charge in [0.05, 0.1) is 29.8 Å². The SMILES string of the molecule is CC(=O)NCC1CN(c2ccc(N3CCNCC3SC(=O)SC(C=O)NC3CCC3)c(F)c2)C(=O)O1. The number of hydrogen-bond acceptors (Lipinski definition) is 10. The Balaban J connectivity index is 1.39. The lowest BCUT2D eigenvalue weighted by Crippen LogP contribution is -2.50. The van der Waals surface area contributed by atoms with Crippen molar-refractivity contribution in [1.29, 1.82) is 0 Å². The fourth-order valence-corrected chi connectivity index (χ4v) is 6.36. The summed E-state index contributed by atoms with van der Waals surface area (Å²) in [6.07, 6.45) is 2.77. The molecule has 1 aromatic rings. The van der Waals surface area contributed by atoms with Gasteiger partial charge >= 0.3 is 6.09 Å². The molecule has 0 radical (unpaired) electrons. The summed E-state index contributed by atoms with van der Waals surface area (Å²) in [7, 11) is 0. The molecule has 4 rings (SSSR count). The zero-order chi connectivity index (χ0) is 25.7. The lowest BCUT2D eigenvalue weighted by molar-refractivity contribution is -0.119. The van der Waals surface area contributed by atoms with Gasteiger partial charge in [-0.1, -0.05) is 6.42 Å². The van der Waals surface area contributed by atoms with Gasteiger partial charge < -0.3 is 25.1 Å². The third-order valence-electron chi connectivity index (χ3n) is 6.29. The molecule has 3 aliphatic rings. The molecule has 2 amide bonds. The van der Waals surface area contributed by atoms with E-state index in [2.05, 4.69) is 16.0 Å². The number of carbonyl (C=O) groups excluding carboxylic acids is 4. The second-order valence-corrected chi connectivity index (χ2v) is 11.4. The van der Waals surface area contributed by atoms with Crippen LogP contribution in [0.3, 0.4) is 0 Å². The summed E-state index contributed by atoms with van der Waals surface area (Å²) in [5, 5.41) is 8.08. The number of rotatable bonds is 9. The summed E-state index contributed by atoms with van der Waals surface area (Å²) in [4.78, 5) is 50.7. The first-order valence-corrected chi connectivity index (χ1v) is 13.7. The minimum atomic E-state index is -0.601. The summed E-state index contributed by atoms with van der Waals surface area (Å²) < 4.78 is 20.3. The number of hydrogen-bond donors (Lipinski definition) is 3. The van der Waals surface area contributed by atoms with E-state index < -0.39 is 23.4 Å². The van der Waals surface area contributed by atoms with Gasteiger partial charge in [0.25, 0.3) is 0 Å². The van der Waals surface area contributed by atoms with E-state index in [-0.39, 0.29) is 34.9 Å². The van der Waals surface area contributed by atoms with Gasteiger partial charge in [-0.25, -0.2) is 9.18 Å². The topological polar surface area (TPSA) is 120 Å². The molecule has 10 nitrogen and oxygen atoms in total. The number of thioether (sulfide) groups is 2. The summed E-state index contributed by atoms with van der Waals surface area (Å²) in [6.45, 7) is 3.36. The van der Waals surface area contributed by atoms with Gasteiger partial charge in [0.15, 0.2) is 0 Å². The monoisotopic (exact) mass is 539 g/mol. The van der Waals surface area contributed by atoms with E-state index >= 15 is 4.39 Å². The predicted octanol–water partition coefficient (Wildman–Crippen LogP) is 2.28. The molecule has 2 heterocycles. The number of halogens is 1. The summed E-state index contributed by atoms with van der Waals surface area (Å²) in [5.41, 5.74) is 0.686. The number of amides is 2.